The summed E-state index contributed by atoms with van der Waals surface area (Å²) in [6.07, 6.45) is -2.42. The number of aromatic nitrogens is 4. The third-order valence-electron chi connectivity index (χ3n) is 5.61. The van der Waals surface area contributed by atoms with Gasteiger partial charge in [-0.15, -0.1) is 0 Å². The summed E-state index contributed by atoms with van der Waals surface area (Å²) in [4.78, 5) is 21.0. The van der Waals surface area contributed by atoms with E-state index in [9.17, 15) is 27.5 Å². The molecule has 0 fully saturated rings. The van der Waals surface area contributed by atoms with Crippen molar-refractivity contribution in [1.29, 1.82) is 0 Å². The highest BCUT2D eigenvalue weighted by atomic mass is 19.4. The van der Waals surface area contributed by atoms with Gasteiger partial charge < -0.3 is 10.4 Å². The molecule has 1 amide bonds. The zero-order chi connectivity index (χ0) is 26.2. The van der Waals surface area contributed by atoms with Crippen LogP contribution in [0.5, 0.6) is 0 Å². The van der Waals surface area contributed by atoms with E-state index >= 15 is 0 Å². The van der Waals surface area contributed by atoms with Crippen LogP contribution < -0.4 is 5.32 Å². The van der Waals surface area contributed by atoms with E-state index in [1.54, 1.807) is 48.5 Å². The van der Waals surface area contributed by atoms with Gasteiger partial charge in [0.25, 0.3) is 5.91 Å². The summed E-state index contributed by atoms with van der Waals surface area (Å²) in [6, 6.07) is 16.2. The number of para-hydroxylation sites is 1. The Morgan fingerprint density at radius 1 is 0.973 bits per heavy atom. The maximum atomic E-state index is 15.0. The maximum absolute atomic E-state index is 15.0. The Labute approximate surface area is 207 Å². The van der Waals surface area contributed by atoms with Crippen molar-refractivity contribution in [2.45, 2.75) is 12.8 Å². The molecule has 186 valence electrons. The molecule has 3 aromatic carbocycles. The smallest absolute Gasteiger partial charge is 0.392 e. The number of nitrogens with zero attached hydrogens (tertiary/aromatic N) is 4. The number of amides is 1. The van der Waals surface area contributed by atoms with Crippen molar-refractivity contribution >= 4 is 22.6 Å². The first-order valence-electron chi connectivity index (χ1n) is 10.9. The molecule has 2 N–H and O–H groups in total. The van der Waals surface area contributed by atoms with E-state index in [4.69, 9.17) is 0 Å². The minimum Gasteiger partial charge on any atom is -0.392 e. The number of nitrogens with one attached hydrogen (secondary N) is 1. The van der Waals surface area contributed by atoms with Gasteiger partial charge in [0, 0.05) is 23.3 Å². The molecule has 11 heteroatoms. The molecule has 2 heterocycles. The summed E-state index contributed by atoms with van der Waals surface area (Å²) in [5.74, 6) is -2.53. The van der Waals surface area contributed by atoms with E-state index in [1.165, 1.54) is 23.1 Å². The molecule has 2 aromatic heterocycles. The quantitative estimate of drug-likeness (QED) is 0.312. The second-order valence-electron chi connectivity index (χ2n) is 8.01. The lowest BCUT2D eigenvalue weighted by Gasteiger charge is -2.15. The standard InChI is InChI=1S/C26H17F4N5O2/c27-21-13-20(26(28,29)30)17(23-31-9-4-10-32-23)12-18(21)25(37)33-24-19-11-15(14-36)7-8-22(19)34-35(24)16-5-2-1-3-6-16/h1-13,36H,14H2,(H,33,37). The molecule has 0 aliphatic rings. The zero-order valence-electron chi connectivity index (χ0n) is 18.9. The molecular formula is C26H17F4N5O2. The molecule has 7 nitrogen and oxygen atoms in total. The Morgan fingerprint density at radius 3 is 2.38 bits per heavy atom. The van der Waals surface area contributed by atoms with Gasteiger partial charge in [-0.25, -0.2) is 19.0 Å². The van der Waals surface area contributed by atoms with Crippen molar-refractivity contribution < 1.29 is 27.5 Å². The number of carbonyl (C=O) groups excluding carboxylic acids is 1. The third-order valence-corrected chi connectivity index (χ3v) is 5.61. The number of anilines is 1. The fourth-order valence-electron chi connectivity index (χ4n) is 3.89. The van der Waals surface area contributed by atoms with Crippen LogP contribution in [-0.4, -0.2) is 30.8 Å². The topological polar surface area (TPSA) is 92.9 Å². The fraction of sp³-hybridized carbons (Fsp3) is 0.0769. The number of rotatable bonds is 5. The fourth-order valence-corrected chi connectivity index (χ4v) is 3.89. The molecule has 5 rings (SSSR count). The predicted molar refractivity (Wildman–Crippen MR) is 127 cm³/mol. The molecule has 0 saturated heterocycles. The monoisotopic (exact) mass is 507 g/mol. The number of hydrogen-bond donors (Lipinski definition) is 2. The number of alkyl halides is 3. The lowest BCUT2D eigenvalue weighted by atomic mass is 10.0. The van der Waals surface area contributed by atoms with Gasteiger partial charge in [-0.05, 0) is 48.0 Å². The van der Waals surface area contributed by atoms with Crippen LogP contribution in [0.4, 0.5) is 23.4 Å². The minimum atomic E-state index is -4.91. The Bertz CT molecular complexity index is 1600. The molecule has 5 aromatic rings. The van der Waals surface area contributed by atoms with Crippen LogP contribution in [0.25, 0.3) is 28.0 Å². The average molecular weight is 507 g/mol. The van der Waals surface area contributed by atoms with E-state index < -0.39 is 34.6 Å². The molecular weight excluding hydrogens is 490 g/mol. The lowest BCUT2D eigenvalue weighted by molar-refractivity contribution is -0.137. The number of benzene rings is 3. The maximum Gasteiger partial charge on any atom is 0.417 e. The predicted octanol–water partition coefficient (Wildman–Crippen LogP) is 5.39. The van der Waals surface area contributed by atoms with Gasteiger partial charge in [0.1, 0.15) is 11.6 Å². The van der Waals surface area contributed by atoms with Gasteiger partial charge in [-0.2, -0.15) is 18.3 Å². The van der Waals surface area contributed by atoms with Crippen LogP contribution in [0, 0.1) is 5.82 Å². The normalized spacial score (nSPS) is 11.6. The minimum absolute atomic E-state index is 0.151. The first-order valence-corrected chi connectivity index (χ1v) is 10.9. The van der Waals surface area contributed by atoms with Crippen molar-refractivity contribution in [2.24, 2.45) is 0 Å². The number of carbonyl (C=O) groups is 1. The van der Waals surface area contributed by atoms with Gasteiger partial charge in [0.05, 0.1) is 28.9 Å². The van der Waals surface area contributed by atoms with Crippen LogP contribution in [0.3, 0.4) is 0 Å². The molecule has 0 saturated carbocycles. The van der Waals surface area contributed by atoms with Crippen LogP contribution in [-0.2, 0) is 12.8 Å². The van der Waals surface area contributed by atoms with Crippen molar-refractivity contribution in [1.82, 2.24) is 19.7 Å². The largest absolute Gasteiger partial charge is 0.417 e. The van der Waals surface area contributed by atoms with E-state index in [0.717, 1.165) is 6.07 Å². The van der Waals surface area contributed by atoms with Crippen LogP contribution in [0.1, 0.15) is 21.5 Å². The molecule has 0 unspecified atom stereocenters. The number of aliphatic hydroxyl groups excluding tert-OH is 1. The highest BCUT2D eigenvalue weighted by Crippen LogP contribution is 2.38. The number of halogens is 4. The summed E-state index contributed by atoms with van der Waals surface area (Å²) in [5, 5.41) is 17.1. The first kappa shape index (κ1) is 24.1. The van der Waals surface area contributed by atoms with Gasteiger partial charge in [-0.1, -0.05) is 24.3 Å². The van der Waals surface area contributed by atoms with Crippen molar-refractivity contribution in [2.75, 3.05) is 5.32 Å². The molecule has 0 bridgehead atoms. The Hall–Kier alpha value is -4.64. The van der Waals surface area contributed by atoms with Crippen molar-refractivity contribution in [3.8, 4) is 17.1 Å². The summed E-state index contributed by atoms with van der Waals surface area (Å²) in [7, 11) is 0. The van der Waals surface area contributed by atoms with E-state index in [-0.39, 0.29) is 24.3 Å². The van der Waals surface area contributed by atoms with Gasteiger partial charge in [-0.3, -0.25) is 4.79 Å². The highest BCUT2D eigenvalue weighted by molar-refractivity contribution is 6.09. The van der Waals surface area contributed by atoms with Crippen LogP contribution in [0.15, 0.2) is 79.1 Å². The van der Waals surface area contributed by atoms with E-state index in [2.05, 4.69) is 20.4 Å². The summed E-state index contributed by atoms with van der Waals surface area (Å²) in [6.45, 7) is -0.270. The Morgan fingerprint density at radius 2 is 1.70 bits per heavy atom. The second-order valence-corrected chi connectivity index (χ2v) is 8.01. The van der Waals surface area contributed by atoms with Crippen molar-refractivity contribution in [3.05, 3.63) is 102 Å². The third kappa shape index (κ3) is 4.64. The molecule has 0 radical (unpaired) electrons. The van der Waals surface area contributed by atoms with E-state index in [0.29, 0.717) is 22.2 Å². The highest BCUT2D eigenvalue weighted by Gasteiger charge is 2.36. The van der Waals surface area contributed by atoms with E-state index in [1.807, 2.05) is 0 Å². The molecule has 0 spiro atoms. The van der Waals surface area contributed by atoms with Crippen LogP contribution in [0.2, 0.25) is 0 Å². The second kappa shape index (κ2) is 9.43. The summed E-state index contributed by atoms with van der Waals surface area (Å²) >= 11 is 0. The zero-order valence-corrected chi connectivity index (χ0v) is 18.9. The summed E-state index contributed by atoms with van der Waals surface area (Å²) in [5.41, 5.74) is -0.889. The Balaban J connectivity index is 1.64. The molecule has 37 heavy (non-hydrogen) atoms. The first-order chi connectivity index (χ1) is 17.8. The van der Waals surface area contributed by atoms with Crippen molar-refractivity contribution in [3.63, 3.8) is 0 Å². The van der Waals surface area contributed by atoms with Gasteiger partial charge in [0.2, 0.25) is 0 Å². The number of aliphatic hydroxyl groups is 1. The molecule has 0 aliphatic carbocycles. The lowest BCUT2D eigenvalue weighted by Crippen LogP contribution is -2.18. The van der Waals surface area contributed by atoms with Gasteiger partial charge >= 0.3 is 6.18 Å². The molecule has 0 atom stereocenters. The summed E-state index contributed by atoms with van der Waals surface area (Å²) < 4.78 is 57.4. The molecule has 0 aliphatic heterocycles. The van der Waals surface area contributed by atoms with Gasteiger partial charge in [0.15, 0.2) is 5.82 Å². The number of fused-ring (bicyclic) bond motifs is 1. The Kier molecular flexibility index (Phi) is 6.14. The number of hydrogen-bond acceptors (Lipinski definition) is 5. The van der Waals surface area contributed by atoms with Crippen LogP contribution >= 0.6 is 0 Å². The SMILES string of the molecule is O=C(Nc1c2cc(CO)ccc2nn1-c1ccccc1)c1cc(-c2ncccn2)c(C(F)(F)F)cc1F. The average Bonchev–Trinajstić information content (AvgIpc) is 3.26.